The lowest BCUT2D eigenvalue weighted by molar-refractivity contribution is -0.0746. The van der Waals surface area contributed by atoms with Gasteiger partial charge in [-0.25, -0.2) is 0 Å². The summed E-state index contributed by atoms with van der Waals surface area (Å²) in [6.45, 7) is 5.04. The van der Waals surface area contributed by atoms with E-state index in [1.807, 2.05) is 0 Å². The normalized spacial score (nSPS) is 27.8. The van der Waals surface area contributed by atoms with E-state index in [4.69, 9.17) is 19.3 Å². The van der Waals surface area contributed by atoms with E-state index < -0.39 is 0 Å². The molecule has 106 valence electrons. The van der Waals surface area contributed by atoms with Gasteiger partial charge in [-0.3, -0.25) is 0 Å². The molecule has 0 spiro atoms. The number of nitrogens with one attached hydrogen (secondary N) is 1. The minimum absolute atomic E-state index is 0.128. The van der Waals surface area contributed by atoms with E-state index in [2.05, 4.69) is 5.32 Å². The molecule has 1 saturated carbocycles. The first-order valence-electron chi connectivity index (χ1n) is 7.04. The molecule has 1 saturated heterocycles. The van der Waals surface area contributed by atoms with Crippen molar-refractivity contribution in [2.45, 2.75) is 44.0 Å². The van der Waals surface area contributed by atoms with Crippen molar-refractivity contribution < 1.29 is 19.3 Å². The zero-order valence-corrected chi connectivity index (χ0v) is 11.0. The molecular weight excluding hydrogens is 234 g/mol. The molecule has 0 aromatic rings. The second-order valence-electron chi connectivity index (χ2n) is 5.09. The lowest BCUT2D eigenvalue weighted by Crippen LogP contribution is -2.48. The van der Waals surface area contributed by atoms with Gasteiger partial charge in [-0.15, -0.1) is 0 Å². The molecule has 0 unspecified atom stereocenters. The highest BCUT2D eigenvalue weighted by atomic mass is 16.5. The molecule has 2 rings (SSSR count). The molecule has 1 aliphatic carbocycles. The molecule has 0 atom stereocenters. The van der Waals surface area contributed by atoms with Gasteiger partial charge < -0.3 is 24.6 Å². The number of ether oxygens (including phenoxy) is 3. The monoisotopic (exact) mass is 259 g/mol. The predicted octanol–water partition coefficient (Wildman–Crippen LogP) is 0.312. The Hall–Kier alpha value is -0.200. The zero-order valence-electron chi connectivity index (χ0n) is 11.0. The third-order valence-electron chi connectivity index (χ3n) is 3.39. The van der Waals surface area contributed by atoms with Crippen LogP contribution in [0.3, 0.4) is 0 Å². The summed E-state index contributed by atoms with van der Waals surface area (Å²) in [5, 5.41) is 12.3. The molecule has 2 N–H and O–H groups in total. The van der Waals surface area contributed by atoms with Crippen LogP contribution in [0.2, 0.25) is 0 Å². The number of aliphatic hydroxyl groups is 1. The van der Waals surface area contributed by atoms with E-state index in [9.17, 15) is 0 Å². The molecule has 0 radical (unpaired) electrons. The van der Waals surface area contributed by atoms with Crippen LogP contribution >= 0.6 is 0 Å². The van der Waals surface area contributed by atoms with E-state index in [1.54, 1.807) is 0 Å². The molecule has 1 aliphatic heterocycles. The number of hydrogen-bond acceptors (Lipinski definition) is 5. The molecule has 18 heavy (non-hydrogen) atoms. The fraction of sp³-hybridized carbons (Fsp3) is 1.00. The van der Waals surface area contributed by atoms with Gasteiger partial charge in [0.1, 0.15) is 0 Å². The standard InChI is InChI=1S/C13H25NO4/c15-11-7-12(8-11)17-5-1-3-16-4-2-6-18-13-9-14-10-13/h11-15H,1-10H2. The molecule has 0 bridgehead atoms. The Balaban J connectivity index is 1.25. The second kappa shape index (κ2) is 8.07. The summed E-state index contributed by atoms with van der Waals surface area (Å²) < 4.78 is 16.6. The van der Waals surface area contributed by atoms with Crippen LogP contribution in [0.1, 0.15) is 25.7 Å². The third kappa shape index (κ3) is 5.20. The summed E-state index contributed by atoms with van der Waals surface area (Å²) in [5.41, 5.74) is 0. The van der Waals surface area contributed by atoms with Crippen LogP contribution in [0.5, 0.6) is 0 Å². The lowest BCUT2D eigenvalue weighted by Gasteiger charge is -2.31. The lowest BCUT2D eigenvalue weighted by atomic mass is 9.92. The first-order chi connectivity index (χ1) is 8.84. The van der Waals surface area contributed by atoms with Crippen LogP contribution in [0.4, 0.5) is 0 Å². The van der Waals surface area contributed by atoms with Gasteiger partial charge in [0.15, 0.2) is 0 Å². The maximum atomic E-state index is 9.08. The third-order valence-corrected chi connectivity index (χ3v) is 3.39. The minimum atomic E-state index is -0.128. The number of rotatable bonds is 10. The molecule has 0 aromatic heterocycles. The number of aliphatic hydroxyl groups excluding tert-OH is 1. The molecule has 2 fully saturated rings. The van der Waals surface area contributed by atoms with Crippen LogP contribution in [-0.2, 0) is 14.2 Å². The van der Waals surface area contributed by atoms with Gasteiger partial charge in [-0.1, -0.05) is 0 Å². The summed E-state index contributed by atoms with van der Waals surface area (Å²) in [5.74, 6) is 0. The SMILES string of the molecule is OC1CC(OCCCOCCCOC2CNC2)C1. The van der Waals surface area contributed by atoms with Crippen molar-refractivity contribution in [3.8, 4) is 0 Å². The first-order valence-corrected chi connectivity index (χ1v) is 7.04. The van der Waals surface area contributed by atoms with Gasteiger partial charge >= 0.3 is 0 Å². The number of hydrogen-bond donors (Lipinski definition) is 2. The molecular formula is C13H25NO4. The Labute approximate surface area is 109 Å². The summed E-state index contributed by atoms with van der Waals surface area (Å²) in [7, 11) is 0. The minimum Gasteiger partial charge on any atom is -0.393 e. The predicted molar refractivity (Wildman–Crippen MR) is 67.6 cm³/mol. The topological polar surface area (TPSA) is 60.0 Å². The highest BCUT2D eigenvalue weighted by molar-refractivity contribution is 4.78. The maximum Gasteiger partial charge on any atom is 0.0823 e. The molecule has 5 nitrogen and oxygen atoms in total. The first kappa shape index (κ1) is 14.2. The van der Waals surface area contributed by atoms with E-state index in [1.165, 1.54) is 0 Å². The van der Waals surface area contributed by atoms with Crippen LogP contribution in [0.25, 0.3) is 0 Å². The van der Waals surface area contributed by atoms with Crippen molar-refractivity contribution in [3.05, 3.63) is 0 Å². The maximum absolute atomic E-state index is 9.08. The fourth-order valence-electron chi connectivity index (χ4n) is 1.98. The molecule has 2 aliphatic rings. The average Bonchev–Trinajstić information content (AvgIpc) is 2.26. The van der Waals surface area contributed by atoms with Crippen LogP contribution < -0.4 is 5.32 Å². The molecule has 5 heteroatoms. The van der Waals surface area contributed by atoms with E-state index in [0.29, 0.717) is 6.10 Å². The van der Waals surface area contributed by atoms with Crippen molar-refractivity contribution >= 4 is 0 Å². The van der Waals surface area contributed by atoms with Gasteiger partial charge in [0.05, 0.1) is 18.3 Å². The Morgan fingerprint density at radius 2 is 1.50 bits per heavy atom. The van der Waals surface area contributed by atoms with Crippen molar-refractivity contribution in [3.63, 3.8) is 0 Å². The van der Waals surface area contributed by atoms with E-state index in [0.717, 1.165) is 65.2 Å². The summed E-state index contributed by atoms with van der Waals surface area (Å²) >= 11 is 0. The second-order valence-corrected chi connectivity index (χ2v) is 5.09. The molecule has 1 heterocycles. The van der Waals surface area contributed by atoms with Crippen molar-refractivity contribution in [2.75, 3.05) is 39.5 Å². The van der Waals surface area contributed by atoms with Crippen LogP contribution in [-0.4, -0.2) is 62.9 Å². The smallest absolute Gasteiger partial charge is 0.0823 e. The molecule has 0 amide bonds. The average molecular weight is 259 g/mol. The summed E-state index contributed by atoms with van der Waals surface area (Å²) in [6.07, 6.45) is 4.08. The Morgan fingerprint density at radius 3 is 2.00 bits per heavy atom. The van der Waals surface area contributed by atoms with Crippen molar-refractivity contribution in [1.82, 2.24) is 5.32 Å². The highest BCUT2D eigenvalue weighted by Gasteiger charge is 2.27. The summed E-state index contributed by atoms with van der Waals surface area (Å²) in [4.78, 5) is 0. The van der Waals surface area contributed by atoms with E-state index >= 15 is 0 Å². The Kier molecular flexibility index (Phi) is 6.37. The highest BCUT2D eigenvalue weighted by Crippen LogP contribution is 2.22. The van der Waals surface area contributed by atoms with Crippen molar-refractivity contribution in [1.29, 1.82) is 0 Å². The van der Waals surface area contributed by atoms with Gasteiger partial charge in [-0.2, -0.15) is 0 Å². The van der Waals surface area contributed by atoms with E-state index in [-0.39, 0.29) is 12.2 Å². The fourth-order valence-corrected chi connectivity index (χ4v) is 1.98. The summed E-state index contributed by atoms with van der Waals surface area (Å²) in [6, 6.07) is 0. The molecule has 0 aromatic carbocycles. The van der Waals surface area contributed by atoms with Crippen LogP contribution in [0, 0.1) is 0 Å². The zero-order chi connectivity index (χ0) is 12.6. The quantitative estimate of drug-likeness (QED) is 0.553. The largest absolute Gasteiger partial charge is 0.393 e. The van der Waals surface area contributed by atoms with Gasteiger partial charge in [0, 0.05) is 39.5 Å². The van der Waals surface area contributed by atoms with Gasteiger partial charge in [0.25, 0.3) is 0 Å². The van der Waals surface area contributed by atoms with Crippen LogP contribution in [0.15, 0.2) is 0 Å². The van der Waals surface area contributed by atoms with Gasteiger partial charge in [0.2, 0.25) is 0 Å². The van der Waals surface area contributed by atoms with Gasteiger partial charge in [-0.05, 0) is 25.7 Å². The Morgan fingerprint density at radius 1 is 0.889 bits per heavy atom. The Bertz CT molecular complexity index is 217. The van der Waals surface area contributed by atoms with Crippen molar-refractivity contribution in [2.24, 2.45) is 0 Å².